The second-order valence-electron chi connectivity index (χ2n) is 2.48. The molecule has 1 rings (SSSR count). The van der Waals surface area contributed by atoms with Crippen molar-refractivity contribution in [3.8, 4) is 0 Å². The van der Waals surface area contributed by atoms with Gasteiger partial charge >= 0.3 is 5.97 Å². The maximum absolute atomic E-state index is 12.3. The SMILES string of the molecule is COC(=O)c1nc(C(F)F)cc(Cl)c1Br. The van der Waals surface area contributed by atoms with E-state index < -0.39 is 18.1 Å². The van der Waals surface area contributed by atoms with Crippen LogP contribution in [-0.4, -0.2) is 18.1 Å². The van der Waals surface area contributed by atoms with Crippen LogP contribution >= 0.6 is 27.5 Å². The molecule has 0 saturated carbocycles. The van der Waals surface area contributed by atoms with Crippen LogP contribution in [0.3, 0.4) is 0 Å². The molecule has 0 atom stereocenters. The van der Waals surface area contributed by atoms with Gasteiger partial charge in [-0.25, -0.2) is 18.6 Å². The number of pyridine rings is 1. The molecule has 0 aliphatic rings. The van der Waals surface area contributed by atoms with E-state index >= 15 is 0 Å². The standard InChI is InChI=1S/C8H5BrClF2NO2/c1-15-8(14)6-5(9)3(10)2-4(13-6)7(11)12/h2,7H,1H3. The normalized spacial score (nSPS) is 10.5. The van der Waals surface area contributed by atoms with Gasteiger partial charge in [-0.05, 0) is 22.0 Å². The molecule has 15 heavy (non-hydrogen) atoms. The summed E-state index contributed by atoms with van der Waals surface area (Å²) in [6.45, 7) is 0. The third kappa shape index (κ3) is 2.63. The highest BCUT2D eigenvalue weighted by atomic mass is 79.9. The molecular weight excluding hydrogens is 295 g/mol. The minimum Gasteiger partial charge on any atom is -0.464 e. The summed E-state index contributed by atoms with van der Waals surface area (Å²) in [4.78, 5) is 14.6. The predicted molar refractivity (Wildman–Crippen MR) is 53.2 cm³/mol. The summed E-state index contributed by atoms with van der Waals surface area (Å²) < 4.78 is 29.2. The fraction of sp³-hybridized carbons (Fsp3) is 0.250. The van der Waals surface area contributed by atoms with Crippen LogP contribution in [0.1, 0.15) is 22.6 Å². The molecule has 0 N–H and O–H groups in total. The Morgan fingerprint density at radius 1 is 1.67 bits per heavy atom. The fourth-order valence-electron chi connectivity index (χ4n) is 0.860. The average molecular weight is 300 g/mol. The topological polar surface area (TPSA) is 39.2 Å². The number of aromatic nitrogens is 1. The summed E-state index contributed by atoms with van der Waals surface area (Å²) >= 11 is 8.60. The number of hydrogen-bond acceptors (Lipinski definition) is 3. The predicted octanol–water partition coefficient (Wildman–Crippen LogP) is 3.22. The van der Waals surface area contributed by atoms with Gasteiger partial charge in [0.05, 0.1) is 16.6 Å². The van der Waals surface area contributed by atoms with Crippen molar-refractivity contribution in [2.45, 2.75) is 6.43 Å². The van der Waals surface area contributed by atoms with Crippen LogP contribution in [0.2, 0.25) is 5.02 Å². The molecule has 1 heterocycles. The summed E-state index contributed by atoms with van der Waals surface area (Å²) in [6, 6.07) is 0.989. The van der Waals surface area contributed by atoms with E-state index in [2.05, 4.69) is 25.7 Å². The van der Waals surface area contributed by atoms with Crippen LogP contribution in [0, 0.1) is 0 Å². The van der Waals surface area contributed by atoms with E-state index in [1.165, 1.54) is 0 Å². The van der Waals surface area contributed by atoms with Gasteiger partial charge in [-0.3, -0.25) is 0 Å². The molecule has 0 aromatic carbocycles. The second-order valence-corrected chi connectivity index (χ2v) is 3.68. The van der Waals surface area contributed by atoms with Crippen molar-refractivity contribution in [2.24, 2.45) is 0 Å². The Morgan fingerprint density at radius 3 is 2.73 bits per heavy atom. The van der Waals surface area contributed by atoms with Crippen LogP contribution in [0.5, 0.6) is 0 Å². The Labute approximate surface area is 97.5 Å². The van der Waals surface area contributed by atoms with Crippen LogP contribution in [0.25, 0.3) is 0 Å². The Bertz CT molecular complexity index is 400. The molecule has 82 valence electrons. The van der Waals surface area contributed by atoms with Crippen molar-refractivity contribution in [1.82, 2.24) is 4.98 Å². The molecule has 0 aliphatic heterocycles. The third-order valence-corrected chi connectivity index (χ3v) is 2.86. The number of hydrogen-bond donors (Lipinski definition) is 0. The molecule has 0 saturated heterocycles. The van der Waals surface area contributed by atoms with Crippen LogP contribution in [0.4, 0.5) is 8.78 Å². The largest absolute Gasteiger partial charge is 0.464 e. The maximum Gasteiger partial charge on any atom is 0.357 e. The monoisotopic (exact) mass is 299 g/mol. The molecule has 0 bridgehead atoms. The molecule has 0 spiro atoms. The maximum atomic E-state index is 12.3. The molecule has 0 radical (unpaired) electrons. The summed E-state index contributed by atoms with van der Waals surface area (Å²) in [5.74, 6) is -0.828. The summed E-state index contributed by atoms with van der Waals surface area (Å²) in [5.41, 5.74) is -0.830. The molecular formula is C8H5BrClF2NO2. The first-order valence-electron chi connectivity index (χ1n) is 3.69. The van der Waals surface area contributed by atoms with Gasteiger partial charge in [-0.15, -0.1) is 0 Å². The zero-order valence-corrected chi connectivity index (χ0v) is 9.77. The lowest BCUT2D eigenvalue weighted by Crippen LogP contribution is -2.08. The third-order valence-electron chi connectivity index (χ3n) is 1.54. The first kappa shape index (κ1) is 12.3. The van der Waals surface area contributed by atoms with Gasteiger partial charge in [0.25, 0.3) is 6.43 Å². The van der Waals surface area contributed by atoms with Crippen LogP contribution in [0.15, 0.2) is 10.5 Å². The van der Waals surface area contributed by atoms with Crippen molar-refractivity contribution in [3.63, 3.8) is 0 Å². The molecule has 1 aromatic heterocycles. The van der Waals surface area contributed by atoms with Crippen LogP contribution in [-0.2, 0) is 4.74 Å². The van der Waals surface area contributed by atoms with Crippen molar-refractivity contribution in [1.29, 1.82) is 0 Å². The van der Waals surface area contributed by atoms with E-state index in [9.17, 15) is 13.6 Å². The van der Waals surface area contributed by atoms with Gasteiger partial charge in [0.15, 0.2) is 5.69 Å². The number of halogens is 4. The lowest BCUT2D eigenvalue weighted by molar-refractivity contribution is 0.0591. The summed E-state index contributed by atoms with van der Waals surface area (Å²) in [7, 11) is 1.12. The van der Waals surface area contributed by atoms with E-state index in [1.807, 2.05) is 0 Å². The zero-order chi connectivity index (χ0) is 11.6. The van der Waals surface area contributed by atoms with E-state index in [0.29, 0.717) is 0 Å². The fourth-order valence-corrected chi connectivity index (χ4v) is 1.43. The number of esters is 1. The number of alkyl halides is 2. The van der Waals surface area contributed by atoms with Gasteiger partial charge in [0.2, 0.25) is 0 Å². The van der Waals surface area contributed by atoms with Crippen LogP contribution < -0.4 is 0 Å². The van der Waals surface area contributed by atoms with E-state index in [-0.39, 0.29) is 15.2 Å². The first-order chi connectivity index (χ1) is 6.97. The zero-order valence-electron chi connectivity index (χ0n) is 7.43. The molecule has 7 heteroatoms. The molecule has 0 aliphatic carbocycles. The van der Waals surface area contributed by atoms with Gasteiger partial charge in [0, 0.05) is 0 Å². The average Bonchev–Trinajstić information content (AvgIpc) is 2.20. The van der Waals surface area contributed by atoms with E-state index in [4.69, 9.17) is 11.6 Å². The molecule has 3 nitrogen and oxygen atoms in total. The Morgan fingerprint density at radius 2 is 2.27 bits per heavy atom. The smallest absolute Gasteiger partial charge is 0.357 e. The van der Waals surface area contributed by atoms with Gasteiger partial charge in [-0.1, -0.05) is 11.6 Å². The van der Waals surface area contributed by atoms with Crippen molar-refractivity contribution in [3.05, 3.63) is 26.9 Å². The molecule has 0 amide bonds. The molecule has 0 unspecified atom stereocenters. The minimum atomic E-state index is -2.79. The highest BCUT2D eigenvalue weighted by Gasteiger charge is 2.20. The van der Waals surface area contributed by atoms with Gasteiger partial charge in [0.1, 0.15) is 5.69 Å². The first-order valence-corrected chi connectivity index (χ1v) is 4.87. The summed E-state index contributed by atoms with van der Waals surface area (Å²) in [5, 5.41) is -0.0132. The summed E-state index contributed by atoms with van der Waals surface area (Å²) in [6.07, 6.45) is -2.79. The minimum absolute atomic E-state index is 0.0132. The quantitative estimate of drug-likeness (QED) is 0.787. The molecule has 0 fully saturated rings. The van der Waals surface area contributed by atoms with Gasteiger partial charge in [-0.2, -0.15) is 0 Å². The Balaban J connectivity index is 3.31. The van der Waals surface area contributed by atoms with Crippen molar-refractivity contribution in [2.75, 3.05) is 7.11 Å². The lowest BCUT2D eigenvalue weighted by atomic mass is 10.3. The number of carbonyl (C=O) groups excluding carboxylic acids is 1. The number of carbonyl (C=O) groups is 1. The van der Waals surface area contributed by atoms with E-state index in [0.717, 1.165) is 13.2 Å². The lowest BCUT2D eigenvalue weighted by Gasteiger charge is -2.06. The second kappa shape index (κ2) is 4.85. The van der Waals surface area contributed by atoms with Crippen molar-refractivity contribution < 1.29 is 18.3 Å². The van der Waals surface area contributed by atoms with Crippen molar-refractivity contribution >= 4 is 33.5 Å². The molecule has 1 aromatic rings. The number of methoxy groups -OCH3 is 1. The highest BCUT2D eigenvalue weighted by molar-refractivity contribution is 9.10. The number of rotatable bonds is 2. The number of ether oxygens (including phenoxy) is 1. The number of nitrogens with zero attached hydrogens (tertiary/aromatic N) is 1. The highest BCUT2D eigenvalue weighted by Crippen LogP contribution is 2.29. The van der Waals surface area contributed by atoms with E-state index in [1.54, 1.807) is 0 Å². The Hall–Kier alpha value is -0.750. The van der Waals surface area contributed by atoms with Gasteiger partial charge < -0.3 is 4.74 Å². The Kier molecular flexibility index (Phi) is 3.98.